The minimum absolute atomic E-state index is 0.108. The van der Waals surface area contributed by atoms with Crippen LogP contribution in [0.3, 0.4) is 0 Å². The third-order valence-electron chi connectivity index (χ3n) is 3.62. The second kappa shape index (κ2) is 9.22. The third kappa shape index (κ3) is 5.60. The van der Waals surface area contributed by atoms with E-state index in [9.17, 15) is 4.79 Å². The van der Waals surface area contributed by atoms with E-state index in [-0.39, 0.29) is 12.5 Å². The van der Waals surface area contributed by atoms with Gasteiger partial charge in [0, 0.05) is 0 Å². The third-order valence-corrected chi connectivity index (χ3v) is 4.24. The highest BCUT2D eigenvalue weighted by Gasteiger charge is 2.06. The van der Waals surface area contributed by atoms with E-state index in [1.54, 1.807) is 7.11 Å². The molecule has 0 saturated heterocycles. The summed E-state index contributed by atoms with van der Waals surface area (Å²) < 4.78 is 11.5. The highest BCUT2D eigenvalue weighted by molar-refractivity contribution is 9.10. The maximum Gasteiger partial charge on any atom is 0.277 e. The number of nitrogens with zero attached hydrogens (tertiary/aromatic N) is 1. The smallest absolute Gasteiger partial charge is 0.277 e. The van der Waals surface area contributed by atoms with Crippen LogP contribution in [0.25, 0.3) is 0 Å². The number of carbonyl (C=O) groups excluding carboxylic acids is 1. The molecule has 0 atom stereocenters. The number of rotatable bonds is 7. The van der Waals surface area contributed by atoms with Crippen molar-refractivity contribution in [2.45, 2.75) is 20.3 Å². The van der Waals surface area contributed by atoms with E-state index in [2.05, 4.69) is 33.4 Å². The van der Waals surface area contributed by atoms with Crippen LogP contribution in [0.4, 0.5) is 0 Å². The Bertz CT molecular complexity index is 758. The topological polar surface area (TPSA) is 59.9 Å². The van der Waals surface area contributed by atoms with Gasteiger partial charge in [-0.2, -0.15) is 5.10 Å². The summed E-state index contributed by atoms with van der Waals surface area (Å²) in [5.41, 5.74) is 5.30. The molecule has 0 fully saturated rings. The van der Waals surface area contributed by atoms with Gasteiger partial charge in [-0.05, 0) is 76.8 Å². The summed E-state index contributed by atoms with van der Waals surface area (Å²) in [7, 11) is 1.62. The standard InChI is InChI=1S/C19H21BrN2O3/c1-4-14-5-10-18(17(20)11-14)25-12-19(23)22-21-13(2)15-6-8-16(24-3)9-7-15/h5-11H,4,12H2,1-3H3,(H,22,23)/b21-13+. The van der Waals surface area contributed by atoms with Crippen LogP contribution in [0.2, 0.25) is 0 Å². The van der Waals surface area contributed by atoms with Gasteiger partial charge in [-0.25, -0.2) is 5.43 Å². The van der Waals surface area contributed by atoms with Gasteiger partial charge in [0.1, 0.15) is 11.5 Å². The van der Waals surface area contributed by atoms with Crippen molar-refractivity contribution in [2.24, 2.45) is 5.10 Å². The monoisotopic (exact) mass is 404 g/mol. The SMILES string of the molecule is CCc1ccc(OCC(=O)N/N=C(\C)c2ccc(OC)cc2)c(Br)c1. The number of nitrogens with one attached hydrogen (secondary N) is 1. The molecule has 6 heteroatoms. The quantitative estimate of drug-likeness (QED) is 0.561. The molecule has 0 aliphatic rings. The largest absolute Gasteiger partial charge is 0.497 e. The second-order valence-corrected chi connectivity index (χ2v) is 6.22. The summed E-state index contributed by atoms with van der Waals surface area (Å²) in [6, 6.07) is 13.3. The van der Waals surface area contributed by atoms with Crippen molar-refractivity contribution in [3.05, 3.63) is 58.1 Å². The van der Waals surface area contributed by atoms with E-state index in [0.29, 0.717) is 11.5 Å². The molecule has 0 unspecified atom stereocenters. The molecule has 5 nitrogen and oxygen atoms in total. The molecule has 0 aliphatic carbocycles. The average Bonchev–Trinajstić information content (AvgIpc) is 2.65. The number of hydrazone groups is 1. The molecule has 0 bridgehead atoms. The zero-order valence-corrected chi connectivity index (χ0v) is 16.1. The molecule has 2 aromatic rings. The summed E-state index contributed by atoms with van der Waals surface area (Å²) in [4.78, 5) is 11.9. The van der Waals surface area contributed by atoms with Gasteiger partial charge in [-0.3, -0.25) is 4.79 Å². The number of ether oxygens (including phenoxy) is 2. The maximum absolute atomic E-state index is 11.9. The molecule has 25 heavy (non-hydrogen) atoms. The predicted molar refractivity (Wildman–Crippen MR) is 102 cm³/mol. The average molecular weight is 405 g/mol. The van der Waals surface area contributed by atoms with Crippen molar-refractivity contribution in [1.29, 1.82) is 0 Å². The van der Waals surface area contributed by atoms with Crippen LogP contribution in [0.15, 0.2) is 52.0 Å². The minimum Gasteiger partial charge on any atom is -0.497 e. The maximum atomic E-state index is 11.9. The van der Waals surface area contributed by atoms with Gasteiger partial charge in [-0.1, -0.05) is 13.0 Å². The molecule has 1 amide bonds. The molecule has 0 saturated carbocycles. The Labute approximate surface area is 156 Å². The van der Waals surface area contributed by atoms with Crippen molar-refractivity contribution < 1.29 is 14.3 Å². The van der Waals surface area contributed by atoms with Gasteiger partial charge in [-0.15, -0.1) is 0 Å². The number of aryl methyl sites for hydroxylation is 1. The second-order valence-electron chi connectivity index (χ2n) is 5.37. The van der Waals surface area contributed by atoms with Gasteiger partial charge in [0.2, 0.25) is 0 Å². The molecule has 0 aliphatic heterocycles. The summed E-state index contributed by atoms with van der Waals surface area (Å²) in [6.45, 7) is 3.80. The van der Waals surface area contributed by atoms with E-state index >= 15 is 0 Å². The van der Waals surface area contributed by atoms with Gasteiger partial charge in [0.15, 0.2) is 6.61 Å². The first-order valence-corrected chi connectivity index (χ1v) is 8.71. The zero-order valence-electron chi connectivity index (χ0n) is 14.5. The number of amides is 1. The molecule has 0 radical (unpaired) electrons. The fourth-order valence-corrected chi connectivity index (χ4v) is 2.64. The lowest BCUT2D eigenvalue weighted by Gasteiger charge is -2.09. The fraction of sp³-hybridized carbons (Fsp3) is 0.263. The number of benzene rings is 2. The summed E-state index contributed by atoms with van der Waals surface area (Å²) in [5.74, 6) is 1.08. The van der Waals surface area contributed by atoms with Crippen LogP contribution in [0.1, 0.15) is 25.0 Å². The number of methoxy groups -OCH3 is 1. The summed E-state index contributed by atoms with van der Waals surface area (Å²) in [6.07, 6.45) is 0.943. The van der Waals surface area contributed by atoms with Crippen molar-refractivity contribution >= 4 is 27.5 Å². The number of carbonyl (C=O) groups is 1. The van der Waals surface area contributed by atoms with Gasteiger partial charge < -0.3 is 9.47 Å². The Morgan fingerprint density at radius 2 is 1.92 bits per heavy atom. The van der Waals surface area contributed by atoms with E-state index < -0.39 is 0 Å². The lowest BCUT2D eigenvalue weighted by molar-refractivity contribution is -0.123. The van der Waals surface area contributed by atoms with Crippen LogP contribution in [-0.2, 0) is 11.2 Å². The van der Waals surface area contributed by atoms with Crippen molar-refractivity contribution in [3.8, 4) is 11.5 Å². The Balaban J connectivity index is 1.89. The number of hydrogen-bond acceptors (Lipinski definition) is 4. The molecule has 0 heterocycles. The number of hydrogen-bond donors (Lipinski definition) is 1. The van der Waals surface area contributed by atoms with Crippen LogP contribution in [0, 0.1) is 0 Å². The lowest BCUT2D eigenvalue weighted by atomic mass is 10.1. The van der Waals surface area contributed by atoms with Crippen LogP contribution >= 0.6 is 15.9 Å². The predicted octanol–water partition coefficient (Wildman–Crippen LogP) is 3.94. The Kier molecular flexibility index (Phi) is 7.01. The van der Waals surface area contributed by atoms with Gasteiger partial charge in [0.25, 0.3) is 5.91 Å². The zero-order chi connectivity index (χ0) is 18.2. The molecule has 132 valence electrons. The van der Waals surface area contributed by atoms with E-state index in [0.717, 1.165) is 22.2 Å². The minimum atomic E-state index is -0.320. The van der Waals surface area contributed by atoms with Gasteiger partial charge >= 0.3 is 0 Å². The highest BCUT2D eigenvalue weighted by Crippen LogP contribution is 2.26. The summed E-state index contributed by atoms with van der Waals surface area (Å²) in [5, 5.41) is 4.10. The molecular weight excluding hydrogens is 384 g/mol. The molecule has 1 N–H and O–H groups in total. The van der Waals surface area contributed by atoms with Crippen LogP contribution in [0.5, 0.6) is 11.5 Å². The first-order chi connectivity index (χ1) is 12.0. The molecule has 2 aromatic carbocycles. The van der Waals surface area contributed by atoms with Crippen LogP contribution < -0.4 is 14.9 Å². The van der Waals surface area contributed by atoms with E-state index in [1.807, 2.05) is 49.4 Å². The Morgan fingerprint density at radius 3 is 2.52 bits per heavy atom. The highest BCUT2D eigenvalue weighted by atomic mass is 79.9. The Morgan fingerprint density at radius 1 is 1.20 bits per heavy atom. The fourth-order valence-electron chi connectivity index (χ4n) is 2.10. The number of halogens is 1. The van der Waals surface area contributed by atoms with Crippen molar-refractivity contribution in [2.75, 3.05) is 13.7 Å². The van der Waals surface area contributed by atoms with Crippen molar-refractivity contribution in [3.63, 3.8) is 0 Å². The van der Waals surface area contributed by atoms with E-state index in [1.165, 1.54) is 5.56 Å². The van der Waals surface area contributed by atoms with Crippen LogP contribution in [-0.4, -0.2) is 25.3 Å². The molecule has 2 rings (SSSR count). The normalized spacial score (nSPS) is 11.1. The summed E-state index contributed by atoms with van der Waals surface area (Å²) >= 11 is 3.45. The first-order valence-electron chi connectivity index (χ1n) is 7.92. The molecule has 0 spiro atoms. The molecule has 0 aromatic heterocycles. The molecular formula is C19H21BrN2O3. The van der Waals surface area contributed by atoms with Gasteiger partial charge in [0.05, 0.1) is 17.3 Å². The first kappa shape index (κ1) is 19.0. The Hall–Kier alpha value is -2.34. The van der Waals surface area contributed by atoms with Crippen molar-refractivity contribution in [1.82, 2.24) is 5.43 Å². The lowest BCUT2D eigenvalue weighted by Crippen LogP contribution is -2.25. The van der Waals surface area contributed by atoms with E-state index in [4.69, 9.17) is 9.47 Å².